The number of anilines is 1. The Labute approximate surface area is 137 Å². The second-order valence-corrected chi connectivity index (χ2v) is 6.33. The summed E-state index contributed by atoms with van der Waals surface area (Å²) >= 11 is 0. The molecule has 0 radical (unpaired) electrons. The van der Waals surface area contributed by atoms with Gasteiger partial charge >= 0.3 is 12.1 Å². The van der Waals surface area contributed by atoms with Crippen LogP contribution in [0.1, 0.15) is 25.8 Å². The predicted molar refractivity (Wildman–Crippen MR) is 81.5 cm³/mol. The van der Waals surface area contributed by atoms with Crippen molar-refractivity contribution >= 4 is 17.6 Å². The van der Waals surface area contributed by atoms with Gasteiger partial charge in [0.15, 0.2) is 0 Å². The van der Waals surface area contributed by atoms with Gasteiger partial charge in [-0.25, -0.2) is 0 Å². The molecule has 0 aliphatic carbocycles. The molecule has 1 saturated heterocycles. The van der Waals surface area contributed by atoms with Crippen LogP contribution < -0.4 is 5.32 Å². The van der Waals surface area contributed by atoms with E-state index >= 15 is 0 Å². The average Bonchev–Trinajstić information content (AvgIpc) is 2.90. The number of carboxylic acids is 1. The Morgan fingerprint density at radius 2 is 2.04 bits per heavy atom. The Morgan fingerprint density at radius 3 is 2.58 bits per heavy atom. The van der Waals surface area contributed by atoms with E-state index in [-0.39, 0.29) is 12.2 Å². The van der Waals surface area contributed by atoms with E-state index < -0.39 is 35.1 Å². The van der Waals surface area contributed by atoms with E-state index in [1.165, 1.54) is 12.1 Å². The molecule has 2 atom stereocenters. The lowest BCUT2D eigenvalue weighted by Gasteiger charge is -2.25. The lowest BCUT2D eigenvalue weighted by molar-refractivity contribution is -0.147. The van der Waals surface area contributed by atoms with Crippen molar-refractivity contribution < 1.29 is 27.9 Å². The fourth-order valence-corrected chi connectivity index (χ4v) is 2.69. The van der Waals surface area contributed by atoms with Crippen LogP contribution in [0.25, 0.3) is 0 Å². The maximum atomic E-state index is 12.7. The van der Waals surface area contributed by atoms with E-state index in [0.717, 1.165) is 12.1 Å². The molecule has 2 rings (SSSR count). The molecule has 2 N–H and O–H groups in total. The van der Waals surface area contributed by atoms with Crippen molar-refractivity contribution in [3.63, 3.8) is 0 Å². The highest BCUT2D eigenvalue weighted by Gasteiger charge is 2.43. The summed E-state index contributed by atoms with van der Waals surface area (Å²) in [4.78, 5) is 25.2. The van der Waals surface area contributed by atoms with Crippen LogP contribution in [0, 0.1) is 5.41 Å². The number of carbonyl (C=O) groups is 2. The van der Waals surface area contributed by atoms with Gasteiger partial charge in [0.25, 0.3) is 0 Å². The van der Waals surface area contributed by atoms with E-state index in [9.17, 15) is 27.9 Å². The van der Waals surface area contributed by atoms with Crippen LogP contribution in [-0.4, -0.2) is 41.0 Å². The van der Waals surface area contributed by atoms with Crippen LogP contribution in [0.15, 0.2) is 24.3 Å². The van der Waals surface area contributed by atoms with E-state index in [4.69, 9.17) is 0 Å². The van der Waals surface area contributed by atoms with Crippen molar-refractivity contribution in [3.05, 3.63) is 29.8 Å². The zero-order valence-electron chi connectivity index (χ0n) is 13.4. The first-order valence-corrected chi connectivity index (χ1v) is 7.48. The summed E-state index contributed by atoms with van der Waals surface area (Å²) in [6.45, 7) is 3.89. The number of rotatable bonds is 4. The first-order chi connectivity index (χ1) is 11.0. The molecule has 0 spiro atoms. The number of nitrogens with one attached hydrogen (secondary N) is 1. The van der Waals surface area contributed by atoms with Gasteiger partial charge in [0.1, 0.15) is 0 Å². The average molecular weight is 344 g/mol. The summed E-state index contributed by atoms with van der Waals surface area (Å²) in [7, 11) is 0. The van der Waals surface area contributed by atoms with Gasteiger partial charge in [-0.15, -0.1) is 0 Å². The molecule has 0 bridgehead atoms. The van der Waals surface area contributed by atoms with Crippen molar-refractivity contribution in [3.8, 4) is 0 Å². The summed E-state index contributed by atoms with van der Waals surface area (Å²) in [6, 6.07) is 3.76. The molecule has 1 aromatic rings. The van der Waals surface area contributed by atoms with Gasteiger partial charge in [-0.05, 0) is 38.5 Å². The molecule has 1 aliphatic heterocycles. The van der Waals surface area contributed by atoms with Gasteiger partial charge in [-0.3, -0.25) is 14.5 Å². The van der Waals surface area contributed by atoms with Gasteiger partial charge in [0.2, 0.25) is 5.91 Å². The number of hydrogen-bond donors (Lipinski definition) is 2. The fraction of sp³-hybridized carbons (Fsp3) is 0.500. The van der Waals surface area contributed by atoms with Crippen LogP contribution in [0.2, 0.25) is 0 Å². The molecule has 5 nitrogen and oxygen atoms in total. The molecule has 1 fully saturated rings. The molecular formula is C16H19F3N2O3. The molecule has 0 saturated carbocycles. The number of amides is 1. The number of aliphatic carboxylic acids is 1. The lowest BCUT2D eigenvalue weighted by Crippen LogP contribution is -2.42. The van der Waals surface area contributed by atoms with Crippen molar-refractivity contribution in [2.75, 3.05) is 18.4 Å². The van der Waals surface area contributed by atoms with E-state index in [1.807, 2.05) is 0 Å². The molecule has 2 unspecified atom stereocenters. The fourth-order valence-electron chi connectivity index (χ4n) is 2.69. The maximum Gasteiger partial charge on any atom is 0.416 e. The number of likely N-dealkylation sites (tertiary alicyclic amines) is 1. The predicted octanol–water partition coefficient (Wildman–Crippen LogP) is 2.83. The van der Waals surface area contributed by atoms with Crippen LogP contribution >= 0.6 is 0 Å². The van der Waals surface area contributed by atoms with Crippen molar-refractivity contribution in [2.24, 2.45) is 5.41 Å². The first-order valence-electron chi connectivity index (χ1n) is 7.48. The summed E-state index contributed by atoms with van der Waals surface area (Å²) < 4.78 is 38.1. The van der Waals surface area contributed by atoms with Crippen molar-refractivity contribution in [2.45, 2.75) is 32.5 Å². The monoisotopic (exact) mass is 344 g/mol. The molecule has 1 amide bonds. The summed E-state index contributed by atoms with van der Waals surface area (Å²) in [5.41, 5.74) is -1.69. The van der Waals surface area contributed by atoms with Gasteiger partial charge in [0.05, 0.1) is 17.0 Å². The zero-order valence-corrected chi connectivity index (χ0v) is 13.4. The smallest absolute Gasteiger partial charge is 0.416 e. The minimum Gasteiger partial charge on any atom is -0.481 e. The zero-order chi connectivity index (χ0) is 18.1. The van der Waals surface area contributed by atoms with Crippen molar-refractivity contribution in [1.29, 1.82) is 0 Å². The minimum atomic E-state index is -4.48. The highest BCUT2D eigenvalue weighted by molar-refractivity contribution is 5.94. The van der Waals surface area contributed by atoms with Gasteiger partial charge in [0, 0.05) is 18.8 Å². The highest BCUT2D eigenvalue weighted by Crippen LogP contribution is 2.32. The van der Waals surface area contributed by atoms with Crippen molar-refractivity contribution in [1.82, 2.24) is 4.90 Å². The molecule has 8 heteroatoms. The number of alkyl halides is 3. The number of halogens is 3. The summed E-state index contributed by atoms with van der Waals surface area (Å²) in [5.74, 6) is -1.39. The first kappa shape index (κ1) is 18.3. The van der Waals surface area contributed by atoms with Crippen LogP contribution in [-0.2, 0) is 15.8 Å². The Bertz CT molecular complexity index is 648. The molecular weight excluding hydrogens is 325 g/mol. The summed E-state index contributed by atoms with van der Waals surface area (Å²) in [5, 5.41) is 11.7. The standard InChI is InChI=1S/C16H19F3N2O3/c1-10(21-7-6-15(2,9-21)14(23)24)13(22)20-12-5-3-4-11(8-12)16(17,18)19/h3-5,8,10H,6-7,9H2,1-2H3,(H,20,22)(H,23,24). The Morgan fingerprint density at radius 1 is 1.38 bits per heavy atom. The van der Waals surface area contributed by atoms with Gasteiger partial charge < -0.3 is 10.4 Å². The molecule has 0 aromatic heterocycles. The second kappa shape index (κ2) is 6.43. The number of benzene rings is 1. The normalized spacial score (nSPS) is 23.0. The van der Waals surface area contributed by atoms with Crippen LogP contribution in [0.4, 0.5) is 18.9 Å². The quantitative estimate of drug-likeness (QED) is 0.881. The van der Waals surface area contributed by atoms with Gasteiger partial charge in [-0.1, -0.05) is 6.07 Å². The largest absolute Gasteiger partial charge is 0.481 e. The molecule has 1 heterocycles. The third-order valence-electron chi connectivity index (χ3n) is 4.40. The molecule has 1 aromatic carbocycles. The SMILES string of the molecule is CC(C(=O)Nc1cccc(C(F)(F)F)c1)N1CCC(C)(C(=O)O)C1. The minimum absolute atomic E-state index is 0.0573. The number of hydrogen-bond acceptors (Lipinski definition) is 3. The van der Waals surface area contributed by atoms with E-state index in [2.05, 4.69) is 5.32 Å². The lowest BCUT2D eigenvalue weighted by atomic mass is 9.90. The molecule has 24 heavy (non-hydrogen) atoms. The van der Waals surface area contributed by atoms with E-state index in [1.54, 1.807) is 18.7 Å². The number of carboxylic acid groups (broad SMARTS) is 1. The summed E-state index contributed by atoms with van der Waals surface area (Å²) in [6.07, 6.45) is -4.06. The van der Waals surface area contributed by atoms with Gasteiger partial charge in [-0.2, -0.15) is 13.2 Å². The Balaban J connectivity index is 2.04. The van der Waals surface area contributed by atoms with Crippen LogP contribution in [0.3, 0.4) is 0 Å². The third kappa shape index (κ3) is 3.87. The second-order valence-electron chi connectivity index (χ2n) is 6.33. The molecule has 132 valence electrons. The number of nitrogens with zero attached hydrogens (tertiary/aromatic N) is 1. The Kier molecular flexibility index (Phi) is 4.89. The topological polar surface area (TPSA) is 69.6 Å². The van der Waals surface area contributed by atoms with E-state index in [0.29, 0.717) is 13.0 Å². The number of carbonyl (C=O) groups excluding carboxylic acids is 1. The molecule has 1 aliphatic rings. The Hall–Kier alpha value is -2.09. The third-order valence-corrected chi connectivity index (χ3v) is 4.40. The highest BCUT2D eigenvalue weighted by atomic mass is 19.4. The van der Waals surface area contributed by atoms with Crippen LogP contribution in [0.5, 0.6) is 0 Å². The maximum absolute atomic E-state index is 12.7.